The fourth-order valence-electron chi connectivity index (χ4n) is 5.89. The van der Waals surface area contributed by atoms with E-state index in [0.717, 1.165) is 32.2 Å². The van der Waals surface area contributed by atoms with E-state index in [1.165, 1.54) is 31.3 Å². The number of aromatic carboxylic acids is 1. The first-order valence-electron chi connectivity index (χ1n) is 19.2. The van der Waals surface area contributed by atoms with Gasteiger partial charge in [0.1, 0.15) is 11.2 Å². The van der Waals surface area contributed by atoms with Gasteiger partial charge in [0.2, 0.25) is 0 Å². The van der Waals surface area contributed by atoms with Crippen LogP contribution < -0.4 is 16.4 Å². The van der Waals surface area contributed by atoms with Gasteiger partial charge in [-0.05, 0) is 104 Å². The zero-order valence-corrected chi connectivity index (χ0v) is 33.8. The zero-order valence-electron chi connectivity index (χ0n) is 33.8. The van der Waals surface area contributed by atoms with Gasteiger partial charge < -0.3 is 40.7 Å². The number of hydrogen-bond donors (Lipinski definition) is 4. The molecular formula is C41H58N8O8. The van der Waals surface area contributed by atoms with Crippen molar-refractivity contribution in [3.8, 4) is 0 Å². The van der Waals surface area contributed by atoms with E-state index in [-0.39, 0.29) is 41.2 Å². The Hall–Kier alpha value is -5.64. The Morgan fingerprint density at radius 1 is 0.649 bits per heavy atom. The number of carboxylic acids is 1. The SMILES string of the molecule is CC(C)(C)OC(=O)NC1CCCC1.CC(C)(C)OC(=O)NC1CCN(C(=O)c2cccnc2)C1.NC1CCN(C(=O)c2cccnc2)C1.O=C(O)c1cccnc1. The Labute approximate surface area is 334 Å². The molecule has 5 heterocycles. The summed E-state index contributed by atoms with van der Waals surface area (Å²) in [5, 5.41) is 14.0. The highest BCUT2D eigenvalue weighted by atomic mass is 16.6. The molecule has 1 aliphatic carbocycles. The number of carboxylic acid groups (broad SMARTS) is 1. The van der Waals surface area contributed by atoms with Crippen molar-refractivity contribution < 1.29 is 38.6 Å². The minimum atomic E-state index is -0.942. The Kier molecular flexibility index (Phi) is 17.8. The van der Waals surface area contributed by atoms with Crippen LogP contribution in [-0.4, -0.2) is 115 Å². The lowest BCUT2D eigenvalue weighted by Crippen LogP contribution is -2.41. The second-order valence-corrected chi connectivity index (χ2v) is 15.8. The second-order valence-electron chi connectivity index (χ2n) is 15.8. The quantitative estimate of drug-likeness (QED) is 0.259. The van der Waals surface area contributed by atoms with E-state index < -0.39 is 17.7 Å². The smallest absolute Gasteiger partial charge is 0.407 e. The van der Waals surface area contributed by atoms with Gasteiger partial charge in [0.15, 0.2) is 0 Å². The van der Waals surface area contributed by atoms with Crippen molar-refractivity contribution in [3.63, 3.8) is 0 Å². The molecule has 2 atom stereocenters. The summed E-state index contributed by atoms with van der Waals surface area (Å²) in [5.74, 6) is -0.967. The van der Waals surface area contributed by atoms with Gasteiger partial charge in [-0.15, -0.1) is 0 Å². The van der Waals surface area contributed by atoms with Gasteiger partial charge in [-0.2, -0.15) is 0 Å². The summed E-state index contributed by atoms with van der Waals surface area (Å²) in [6.45, 7) is 13.6. The van der Waals surface area contributed by atoms with Crippen LogP contribution in [0.2, 0.25) is 0 Å². The molecule has 57 heavy (non-hydrogen) atoms. The van der Waals surface area contributed by atoms with Crippen LogP contribution in [0.25, 0.3) is 0 Å². The van der Waals surface area contributed by atoms with Gasteiger partial charge in [-0.25, -0.2) is 14.4 Å². The molecule has 3 fully saturated rings. The van der Waals surface area contributed by atoms with Crippen LogP contribution in [0.4, 0.5) is 9.59 Å². The number of carbonyl (C=O) groups excluding carboxylic acids is 4. The minimum absolute atomic E-state index is 0.0334. The van der Waals surface area contributed by atoms with Gasteiger partial charge in [0, 0.05) is 75.4 Å². The number of likely N-dealkylation sites (tertiary alicyclic amines) is 2. The lowest BCUT2D eigenvalue weighted by atomic mass is 10.2. The van der Waals surface area contributed by atoms with Gasteiger partial charge in [-0.3, -0.25) is 24.5 Å². The third-order valence-corrected chi connectivity index (χ3v) is 8.51. The van der Waals surface area contributed by atoms with Gasteiger partial charge >= 0.3 is 18.2 Å². The van der Waals surface area contributed by atoms with Crippen LogP contribution in [0.5, 0.6) is 0 Å². The first-order valence-corrected chi connectivity index (χ1v) is 19.2. The number of amides is 4. The van der Waals surface area contributed by atoms with Gasteiger partial charge in [-0.1, -0.05) is 12.8 Å². The average Bonchev–Trinajstić information content (AvgIpc) is 3.95. The van der Waals surface area contributed by atoms with Crippen molar-refractivity contribution in [2.45, 2.75) is 109 Å². The van der Waals surface area contributed by atoms with Crippen molar-refractivity contribution in [2.24, 2.45) is 5.73 Å². The molecule has 2 unspecified atom stereocenters. The number of nitrogens with one attached hydrogen (secondary N) is 2. The summed E-state index contributed by atoms with van der Waals surface area (Å²) in [5.41, 5.74) is 6.25. The van der Waals surface area contributed by atoms with Crippen molar-refractivity contribution in [3.05, 3.63) is 90.3 Å². The molecule has 6 rings (SSSR count). The number of pyridine rings is 3. The molecule has 3 aliphatic rings. The van der Waals surface area contributed by atoms with Crippen LogP contribution in [0.1, 0.15) is 111 Å². The second kappa shape index (κ2) is 22.2. The number of carbonyl (C=O) groups is 5. The number of rotatable bonds is 5. The topological polar surface area (TPSA) is 219 Å². The predicted molar refractivity (Wildman–Crippen MR) is 213 cm³/mol. The van der Waals surface area contributed by atoms with E-state index in [2.05, 4.69) is 25.6 Å². The largest absolute Gasteiger partial charge is 0.478 e. The van der Waals surface area contributed by atoms with E-state index in [0.29, 0.717) is 36.8 Å². The van der Waals surface area contributed by atoms with Gasteiger partial charge in [0.05, 0.1) is 22.7 Å². The summed E-state index contributed by atoms with van der Waals surface area (Å²) in [6, 6.07) is 10.5. The lowest BCUT2D eigenvalue weighted by molar-refractivity contribution is 0.0493. The number of ether oxygens (including phenoxy) is 2. The first-order chi connectivity index (χ1) is 26.9. The van der Waals surface area contributed by atoms with Crippen LogP contribution in [0.15, 0.2) is 73.6 Å². The highest BCUT2D eigenvalue weighted by molar-refractivity contribution is 5.94. The van der Waals surface area contributed by atoms with Gasteiger partial charge in [0.25, 0.3) is 11.8 Å². The van der Waals surface area contributed by atoms with E-state index in [1.54, 1.807) is 64.9 Å². The number of nitrogens with two attached hydrogens (primary N) is 1. The third-order valence-electron chi connectivity index (χ3n) is 8.51. The molecule has 0 aromatic carbocycles. The number of hydrogen-bond acceptors (Lipinski definition) is 11. The van der Waals surface area contributed by atoms with Crippen molar-refractivity contribution in [1.82, 2.24) is 35.4 Å². The number of nitrogens with zero attached hydrogens (tertiary/aromatic N) is 5. The fourth-order valence-corrected chi connectivity index (χ4v) is 5.89. The van der Waals surface area contributed by atoms with Crippen LogP contribution in [0, 0.1) is 0 Å². The molecule has 0 radical (unpaired) electrons. The molecule has 16 heteroatoms. The maximum Gasteiger partial charge on any atom is 0.407 e. The van der Waals surface area contributed by atoms with Crippen LogP contribution in [-0.2, 0) is 9.47 Å². The molecule has 2 aliphatic heterocycles. The lowest BCUT2D eigenvalue weighted by Gasteiger charge is -2.22. The molecule has 310 valence electrons. The molecule has 3 aromatic rings. The molecule has 2 saturated heterocycles. The maximum absolute atomic E-state index is 12.2. The summed E-state index contributed by atoms with van der Waals surface area (Å²) < 4.78 is 10.4. The number of aromatic nitrogens is 3. The first kappa shape index (κ1) is 45.7. The van der Waals surface area contributed by atoms with Crippen LogP contribution >= 0.6 is 0 Å². The molecule has 16 nitrogen and oxygen atoms in total. The molecule has 3 aromatic heterocycles. The molecule has 0 spiro atoms. The normalized spacial score (nSPS) is 17.7. The zero-order chi connectivity index (χ0) is 42.0. The third kappa shape index (κ3) is 17.8. The minimum Gasteiger partial charge on any atom is -0.478 e. The summed E-state index contributed by atoms with van der Waals surface area (Å²) in [4.78, 5) is 72.2. The average molecular weight is 791 g/mol. The van der Waals surface area contributed by atoms with E-state index >= 15 is 0 Å². The highest BCUT2D eigenvalue weighted by Gasteiger charge is 2.29. The summed E-state index contributed by atoms with van der Waals surface area (Å²) in [7, 11) is 0. The summed E-state index contributed by atoms with van der Waals surface area (Å²) in [6.07, 6.45) is 14.8. The maximum atomic E-state index is 12.2. The number of alkyl carbamates (subject to hydrolysis) is 2. The Morgan fingerprint density at radius 2 is 1.07 bits per heavy atom. The Balaban J connectivity index is 0.000000213. The molecule has 4 amide bonds. The van der Waals surface area contributed by atoms with Crippen molar-refractivity contribution in [1.29, 1.82) is 0 Å². The standard InChI is InChI=1S/C15H21N3O3.C10H13N3O.C10H19NO2.C6H5NO2/c1-15(2,3)21-14(20)17-12-6-8-18(10-12)13(19)11-5-4-7-16-9-11;11-9-3-5-13(7-9)10(14)8-2-1-4-12-6-8;1-10(2,3)13-9(12)11-8-6-4-5-7-8;8-6(9)5-2-1-3-7-4-5/h4-5,7,9,12H,6,8,10H2,1-3H3,(H,17,20);1-2,4,6,9H,3,5,7,11H2;8H,4-7H2,1-3H3,(H,11,12);1-4H,(H,8,9). The highest BCUT2D eigenvalue weighted by Crippen LogP contribution is 2.19. The van der Waals surface area contributed by atoms with Crippen molar-refractivity contribution >= 4 is 30.0 Å². The van der Waals surface area contributed by atoms with E-state index in [9.17, 15) is 24.0 Å². The molecule has 5 N–H and O–H groups in total. The fraction of sp³-hybridized carbons (Fsp3) is 0.512. The Morgan fingerprint density at radius 3 is 1.44 bits per heavy atom. The molecule has 0 bridgehead atoms. The molecular weight excluding hydrogens is 732 g/mol. The van der Waals surface area contributed by atoms with Crippen molar-refractivity contribution in [2.75, 3.05) is 26.2 Å². The Bertz CT molecular complexity index is 1710. The van der Waals surface area contributed by atoms with E-state index in [4.69, 9.17) is 20.3 Å². The monoisotopic (exact) mass is 790 g/mol. The summed E-state index contributed by atoms with van der Waals surface area (Å²) >= 11 is 0. The van der Waals surface area contributed by atoms with Crippen LogP contribution in [0.3, 0.4) is 0 Å². The molecule has 1 saturated carbocycles. The van der Waals surface area contributed by atoms with E-state index in [1.807, 2.05) is 41.5 Å². The predicted octanol–water partition coefficient (Wildman–Crippen LogP) is 5.31.